The van der Waals surface area contributed by atoms with Crippen molar-refractivity contribution in [2.24, 2.45) is 0 Å². The lowest BCUT2D eigenvalue weighted by Crippen LogP contribution is -2.70. The number of benzene rings is 2. The number of fused-ring (bicyclic) bond motifs is 2. The molecular weight excluding hydrogens is 290 g/mol. The molecule has 2 amide bonds. The number of hydrogen-bond donors (Lipinski definition) is 1. The van der Waals surface area contributed by atoms with Gasteiger partial charge in [0.05, 0.1) is 11.3 Å². The molecule has 2 aromatic carbocycles. The van der Waals surface area contributed by atoms with Crippen molar-refractivity contribution in [2.45, 2.75) is 25.4 Å². The summed E-state index contributed by atoms with van der Waals surface area (Å²) in [6.45, 7) is 1.99. The lowest BCUT2D eigenvalue weighted by Gasteiger charge is -2.54. The molecule has 23 heavy (non-hydrogen) atoms. The van der Waals surface area contributed by atoms with E-state index in [0.717, 1.165) is 11.4 Å². The second-order valence-electron chi connectivity index (χ2n) is 6.08. The maximum atomic E-state index is 12.9. The maximum Gasteiger partial charge on any atom is 0.276 e. The third-order valence-electron chi connectivity index (χ3n) is 4.62. The van der Waals surface area contributed by atoms with Gasteiger partial charge in [-0.3, -0.25) is 15.0 Å². The predicted octanol–water partition coefficient (Wildman–Crippen LogP) is 2.82. The smallest absolute Gasteiger partial charge is 0.276 e. The summed E-state index contributed by atoms with van der Waals surface area (Å²) in [6.07, 6.45) is 0.972. The Bertz CT molecular complexity index is 790. The van der Waals surface area contributed by atoms with Gasteiger partial charge in [-0.2, -0.15) is 0 Å². The molecule has 2 aliphatic heterocycles. The van der Waals surface area contributed by atoms with Crippen LogP contribution in [-0.2, 0) is 4.79 Å². The normalized spacial score (nSPS) is 23.2. The SMILES string of the molecule is CC12CCC(=O)NN1C(=O)c1ccccc1N2c1ccccc1. The molecule has 1 unspecified atom stereocenters. The molecule has 0 aromatic heterocycles. The first-order valence-corrected chi connectivity index (χ1v) is 7.70. The zero-order valence-corrected chi connectivity index (χ0v) is 12.8. The van der Waals surface area contributed by atoms with E-state index in [1.165, 1.54) is 5.01 Å². The van der Waals surface area contributed by atoms with Gasteiger partial charge in [0.2, 0.25) is 5.91 Å². The second kappa shape index (κ2) is 4.84. The Morgan fingerprint density at radius 1 is 1.00 bits per heavy atom. The molecule has 0 saturated carbocycles. The monoisotopic (exact) mass is 307 g/mol. The Hall–Kier alpha value is -2.82. The van der Waals surface area contributed by atoms with Gasteiger partial charge in [-0.25, -0.2) is 5.01 Å². The van der Waals surface area contributed by atoms with Crippen molar-refractivity contribution in [3.05, 3.63) is 60.2 Å². The molecular formula is C18H17N3O2. The summed E-state index contributed by atoms with van der Waals surface area (Å²) in [5.74, 6) is -0.286. The molecule has 2 heterocycles. The van der Waals surface area contributed by atoms with Crippen molar-refractivity contribution < 1.29 is 9.59 Å². The first kappa shape index (κ1) is 13.8. The Kier molecular flexibility index (Phi) is 2.91. The molecule has 1 N–H and O–H groups in total. The van der Waals surface area contributed by atoms with E-state index >= 15 is 0 Å². The second-order valence-corrected chi connectivity index (χ2v) is 6.08. The number of hydrazine groups is 1. The van der Waals surface area contributed by atoms with Crippen molar-refractivity contribution in [1.82, 2.24) is 10.4 Å². The highest BCUT2D eigenvalue weighted by Gasteiger charge is 2.50. The van der Waals surface area contributed by atoms with Gasteiger partial charge in [0.15, 0.2) is 0 Å². The van der Waals surface area contributed by atoms with E-state index in [0.29, 0.717) is 18.4 Å². The highest BCUT2D eigenvalue weighted by Crippen LogP contribution is 2.44. The van der Waals surface area contributed by atoms with Gasteiger partial charge in [0, 0.05) is 12.1 Å². The molecule has 5 nitrogen and oxygen atoms in total. The van der Waals surface area contributed by atoms with Crippen molar-refractivity contribution in [1.29, 1.82) is 0 Å². The first-order chi connectivity index (χ1) is 11.1. The number of anilines is 2. The quantitative estimate of drug-likeness (QED) is 0.881. The fourth-order valence-corrected chi connectivity index (χ4v) is 3.47. The molecule has 5 heteroatoms. The number of para-hydroxylation sites is 2. The molecule has 0 spiro atoms. The lowest BCUT2D eigenvalue weighted by atomic mass is 9.92. The molecule has 2 aliphatic rings. The van der Waals surface area contributed by atoms with Gasteiger partial charge in [-0.1, -0.05) is 30.3 Å². The summed E-state index contributed by atoms with van der Waals surface area (Å²) in [6, 6.07) is 17.5. The summed E-state index contributed by atoms with van der Waals surface area (Å²) < 4.78 is 0. The molecule has 1 fully saturated rings. The highest BCUT2D eigenvalue weighted by atomic mass is 16.2. The van der Waals surface area contributed by atoms with Crippen molar-refractivity contribution >= 4 is 23.2 Å². The molecule has 1 saturated heterocycles. The molecule has 4 rings (SSSR count). The van der Waals surface area contributed by atoms with E-state index in [1.54, 1.807) is 6.07 Å². The topological polar surface area (TPSA) is 52.7 Å². The van der Waals surface area contributed by atoms with Crippen LogP contribution in [0.1, 0.15) is 30.1 Å². The zero-order chi connectivity index (χ0) is 16.0. The largest absolute Gasteiger partial charge is 0.316 e. The molecule has 0 radical (unpaired) electrons. The van der Waals surface area contributed by atoms with Crippen LogP contribution in [0.5, 0.6) is 0 Å². The van der Waals surface area contributed by atoms with Crippen LogP contribution in [0.3, 0.4) is 0 Å². The van der Waals surface area contributed by atoms with Crippen molar-refractivity contribution in [3.63, 3.8) is 0 Å². The highest BCUT2D eigenvalue weighted by molar-refractivity contribution is 6.05. The minimum absolute atomic E-state index is 0.122. The van der Waals surface area contributed by atoms with Gasteiger partial charge in [0.1, 0.15) is 5.66 Å². The molecule has 2 aromatic rings. The third-order valence-corrected chi connectivity index (χ3v) is 4.62. The van der Waals surface area contributed by atoms with Gasteiger partial charge in [-0.15, -0.1) is 0 Å². The van der Waals surface area contributed by atoms with Crippen LogP contribution in [0.15, 0.2) is 54.6 Å². The van der Waals surface area contributed by atoms with Crippen LogP contribution in [0, 0.1) is 0 Å². The Balaban J connectivity index is 1.96. The van der Waals surface area contributed by atoms with E-state index in [4.69, 9.17) is 0 Å². The lowest BCUT2D eigenvalue weighted by molar-refractivity contribution is -0.132. The Morgan fingerprint density at radius 3 is 2.48 bits per heavy atom. The molecule has 1 atom stereocenters. The van der Waals surface area contributed by atoms with Crippen LogP contribution < -0.4 is 10.3 Å². The number of nitrogens with one attached hydrogen (secondary N) is 1. The third kappa shape index (κ3) is 1.93. The number of hydrogen-bond acceptors (Lipinski definition) is 3. The van der Waals surface area contributed by atoms with Crippen LogP contribution in [0.4, 0.5) is 11.4 Å². The number of carbonyl (C=O) groups is 2. The van der Waals surface area contributed by atoms with Crippen LogP contribution in [0.2, 0.25) is 0 Å². The summed E-state index contributed by atoms with van der Waals surface area (Å²) in [7, 11) is 0. The molecule has 116 valence electrons. The average molecular weight is 307 g/mol. The molecule has 0 aliphatic carbocycles. The zero-order valence-electron chi connectivity index (χ0n) is 12.8. The van der Waals surface area contributed by atoms with Crippen LogP contribution in [-0.4, -0.2) is 22.5 Å². The fraction of sp³-hybridized carbons (Fsp3) is 0.222. The van der Waals surface area contributed by atoms with E-state index < -0.39 is 5.66 Å². The number of carbonyl (C=O) groups excluding carboxylic acids is 2. The minimum Gasteiger partial charge on any atom is -0.316 e. The standard InChI is InChI=1S/C18H17N3O2/c1-18-12-11-16(22)19-21(18)17(23)14-9-5-6-10-15(14)20(18)13-7-3-2-4-8-13/h2-10H,11-12H2,1H3,(H,19,22). The maximum absolute atomic E-state index is 12.9. The first-order valence-electron chi connectivity index (χ1n) is 7.70. The summed E-state index contributed by atoms with van der Waals surface area (Å²) in [4.78, 5) is 26.8. The number of nitrogens with zero attached hydrogens (tertiary/aromatic N) is 2. The Labute approximate surface area is 134 Å². The van der Waals surface area contributed by atoms with Gasteiger partial charge >= 0.3 is 0 Å². The number of rotatable bonds is 1. The Morgan fingerprint density at radius 2 is 1.70 bits per heavy atom. The van der Waals surface area contributed by atoms with Crippen LogP contribution >= 0.6 is 0 Å². The van der Waals surface area contributed by atoms with Gasteiger partial charge < -0.3 is 4.90 Å². The number of amides is 2. The van der Waals surface area contributed by atoms with E-state index in [9.17, 15) is 9.59 Å². The van der Waals surface area contributed by atoms with Crippen molar-refractivity contribution in [2.75, 3.05) is 4.90 Å². The van der Waals surface area contributed by atoms with E-state index in [2.05, 4.69) is 10.3 Å². The summed E-state index contributed by atoms with van der Waals surface area (Å²) in [5.41, 5.74) is 4.59. The summed E-state index contributed by atoms with van der Waals surface area (Å²) in [5, 5.41) is 1.48. The van der Waals surface area contributed by atoms with E-state index in [-0.39, 0.29) is 11.8 Å². The molecule has 0 bridgehead atoms. The van der Waals surface area contributed by atoms with Crippen molar-refractivity contribution in [3.8, 4) is 0 Å². The fourth-order valence-electron chi connectivity index (χ4n) is 3.47. The van der Waals surface area contributed by atoms with Gasteiger partial charge in [-0.05, 0) is 37.6 Å². The van der Waals surface area contributed by atoms with Crippen LogP contribution in [0.25, 0.3) is 0 Å². The average Bonchev–Trinajstić information content (AvgIpc) is 2.58. The minimum atomic E-state index is -0.624. The van der Waals surface area contributed by atoms with E-state index in [1.807, 2.05) is 55.5 Å². The predicted molar refractivity (Wildman–Crippen MR) is 87.0 cm³/mol. The summed E-state index contributed by atoms with van der Waals surface area (Å²) >= 11 is 0. The van der Waals surface area contributed by atoms with Gasteiger partial charge in [0.25, 0.3) is 5.91 Å².